The van der Waals surface area contributed by atoms with E-state index >= 15 is 0 Å². The van der Waals surface area contributed by atoms with Crippen LogP contribution < -0.4 is 11.1 Å². The molecule has 0 spiro atoms. The van der Waals surface area contributed by atoms with E-state index in [-0.39, 0.29) is 0 Å². The molecule has 1 aliphatic rings. The SMILES string of the molecule is COC1CC(Nc2nnc(C)c(C)c2C(N)=S)C1. The Morgan fingerprint density at radius 3 is 2.61 bits per heavy atom. The molecule has 0 aromatic carbocycles. The average molecular weight is 266 g/mol. The summed E-state index contributed by atoms with van der Waals surface area (Å²) in [6.07, 6.45) is 2.29. The lowest BCUT2D eigenvalue weighted by Gasteiger charge is -2.35. The van der Waals surface area contributed by atoms with Gasteiger partial charge in [-0.15, -0.1) is 5.10 Å². The summed E-state index contributed by atoms with van der Waals surface area (Å²) in [5, 5.41) is 11.6. The molecule has 0 atom stereocenters. The second kappa shape index (κ2) is 5.16. The second-order valence-electron chi connectivity index (χ2n) is 4.67. The molecule has 0 amide bonds. The quantitative estimate of drug-likeness (QED) is 0.801. The first-order chi connectivity index (χ1) is 8.52. The van der Waals surface area contributed by atoms with Gasteiger partial charge in [0, 0.05) is 13.2 Å². The van der Waals surface area contributed by atoms with Crippen LogP contribution in [0.1, 0.15) is 29.7 Å². The summed E-state index contributed by atoms with van der Waals surface area (Å²) in [7, 11) is 1.73. The maximum Gasteiger partial charge on any atom is 0.159 e. The van der Waals surface area contributed by atoms with Crippen LogP contribution in [-0.2, 0) is 4.74 Å². The van der Waals surface area contributed by atoms with E-state index in [1.807, 2.05) is 13.8 Å². The predicted octanol–water partition coefficient (Wildman–Crippen LogP) is 1.32. The zero-order chi connectivity index (χ0) is 13.3. The summed E-state index contributed by atoms with van der Waals surface area (Å²) in [4.78, 5) is 0.357. The minimum Gasteiger partial charge on any atom is -0.389 e. The first-order valence-corrected chi connectivity index (χ1v) is 6.36. The molecule has 1 saturated carbocycles. The van der Waals surface area contributed by atoms with Crippen LogP contribution in [0.4, 0.5) is 5.82 Å². The topological polar surface area (TPSA) is 73.1 Å². The van der Waals surface area contributed by atoms with E-state index in [0.29, 0.717) is 23.0 Å². The molecule has 5 nitrogen and oxygen atoms in total. The standard InChI is InChI=1S/C12H18N4OS/c1-6-7(2)15-16-12(10(6)11(13)18)14-8-4-9(5-8)17-3/h8-9H,4-5H2,1-3H3,(H2,13,18)(H,14,16). The third-order valence-electron chi connectivity index (χ3n) is 3.47. The largest absolute Gasteiger partial charge is 0.389 e. The average Bonchev–Trinajstić information content (AvgIpc) is 2.27. The molecular formula is C12H18N4OS. The fourth-order valence-electron chi connectivity index (χ4n) is 2.08. The Hall–Kier alpha value is -1.27. The number of anilines is 1. The number of nitrogens with two attached hydrogens (primary N) is 1. The summed E-state index contributed by atoms with van der Waals surface area (Å²) in [6, 6.07) is 0.361. The van der Waals surface area contributed by atoms with Gasteiger partial charge in [-0.05, 0) is 32.3 Å². The summed E-state index contributed by atoms with van der Waals surface area (Å²) >= 11 is 5.10. The Morgan fingerprint density at radius 1 is 1.39 bits per heavy atom. The number of aromatic nitrogens is 2. The molecule has 2 rings (SSSR count). The number of methoxy groups -OCH3 is 1. The maximum absolute atomic E-state index is 5.77. The van der Waals surface area contributed by atoms with Gasteiger partial charge in [-0.1, -0.05) is 12.2 Å². The van der Waals surface area contributed by atoms with Gasteiger partial charge in [-0.2, -0.15) is 5.10 Å². The van der Waals surface area contributed by atoms with Crippen molar-refractivity contribution in [2.45, 2.75) is 38.8 Å². The first-order valence-electron chi connectivity index (χ1n) is 5.96. The van der Waals surface area contributed by atoms with Crippen LogP contribution in [0.5, 0.6) is 0 Å². The number of hydrogen-bond acceptors (Lipinski definition) is 5. The van der Waals surface area contributed by atoms with Gasteiger partial charge in [0.15, 0.2) is 5.82 Å². The van der Waals surface area contributed by atoms with Gasteiger partial charge in [0.1, 0.15) is 4.99 Å². The first kappa shape index (κ1) is 13.2. The van der Waals surface area contributed by atoms with Crippen molar-refractivity contribution < 1.29 is 4.74 Å². The number of rotatable bonds is 4. The molecule has 6 heteroatoms. The Morgan fingerprint density at radius 2 is 2.06 bits per heavy atom. The molecule has 1 aromatic rings. The minimum atomic E-state index is 0.343. The van der Waals surface area contributed by atoms with E-state index in [1.165, 1.54) is 0 Å². The highest BCUT2D eigenvalue weighted by molar-refractivity contribution is 7.80. The normalized spacial score (nSPS) is 22.4. The Bertz CT molecular complexity index is 471. The number of nitrogens with one attached hydrogen (secondary N) is 1. The number of aryl methyl sites for hydroxylation is 1. The van der Waals surface area contributed by atoms with E-state index < -0.39 is 0 Å². The van der Waals surface area contributed by atoms with Crippen molar-refractivity contribution in [3.05, 3.63) is 16.8 Å². The zero-order valence-electron chi connectivity index (χ0n) is 10.9. The lowest BCUT2D eigenvalue weighted by Crippen LogP contribution is -2.41. The number of nitrogens with zero attached hydrogens (tertiary/aromatic N) is 2. The molecule has 1 heterocycles. The smallest absolute Gasteiger partial charge is 0.159 e. The highest BCUT2D eigenvalue weighted by atomic mass is 32.1. The van der Waals surface area contributed by atoms with Crippen LogP contribution in [0.25, 0.3) is 0 Å². The van der Waals surface area contributed by atoms with Crippen LogP contribution >= 0.6 is 12.2 Å². The molecule has 3 N–H and O–H groups in total. The Labute approximate surface area is 112 Å². The molecular weight excluding hydrogens is 248 g/mol. The van der Waals surface area contributed by atoms with Crippen molar-refractivity contribution in [2.24, 2.45) is 5.73 Å². The fourth-order valence-corrected chi connectivity index (χ4v) is 2.33. The molecule has 18 heavy (non-hydrogen) atoms. The minimum absolute atomic E-state index is 0.343. The van der Waals surface area contributed by atoms with Crippen molar-refractivity contribution in [1.82, 2.24) is 10.2 Å². The molecule has 1 aliphatic carbocycles. The predicted molar refractivity (Wildman–Crippen MR) is 74.8 cm³/mol. The van der Waals surface area contributed by atoms with Gasteiger partial charge >= 0.3 is 0 Å². The van der Waals surface area contributed by atoms with E-state index in [1.54, 1.807) is 7.11 Å². The van der Waals surface area contributed by atoms with Crippen molar-refractivity contribution in [3.8, 4) is 0 Å². The number of thiocarbonyl (C=S) groups is 1. The molecule has 0 unspecified atom stereocenters. The number of hydrogen-bond donors (Lipinski definition) is 2. The molecule has 98 valence electrons. The highest BCUT2D eigenvalue weighted by Crippen LogP contribution is 2.27. The molecule has 1 aromatic heterocycles. The van der Waals surface area contributed by atoms with Crippen LogP contribution in [0.15, 0.2) is 0 Å². The summed E-state index contributed by atoms with van der Waals surface area (Å²) in [6.45, 7) is 3.86. The van der Waals surface area contributed by atoms with Crippen molar-refractivity contribution >= 4 is 23.0 Å². The van der Waals surface area contributed by atoms with Gasteiger partial charge < -0.3 is 15.8 Å². The summed E-state index contributed by atoms with van der Waals surface area (Å²) in [5.74, 6) is 0.685. The van der Waals surface area contributed by atoms with Gasteiger partial charge in [0.05, 0.1) is 17.4 Å². The van der Waals surface area contributed by atoms with Gasteiger partial charge in [-0.25, -0.2) is 0 Å². The van der Waals surface area contributed by atoms with Gasteiger partial charge in [-0.3, -0.25) is 0 Å². The summed E-state index contributed by atoms with van der Waals surface area (Å²) in [5.41, 5.74) is 8.42. The third kappa shape index (κ3) is 2.44. The Kier molecular flexibility index (Phi) is 3.77. The zero-order valence-corrected chi connectivity index (χ0v) is 11.7. The van der Waals surface area contributed by atoms with Crippen molar-refractivity contribution in [1.29, 1.82) is 0 Å². The lowest BCUT2D eigenvalue weighted by atomic mass is 9.89. The lowest BCUT2D eigenvalue weighted by molar-refractivity contribution is 0.0327. The summed E-state index contributed by atoms with van der Waals surface area (Å²) < 4.78 is 5.25. The molecule has 0 bridgehead atoms. The van der Waals surface area contributed by atoms with Crippen LogP contribution in [0.3, 0.4) is 0 Å². The number of ether oxygens (including phenoxy) is 1. The van der Waals surface area contributed by atoms with Crippen LogP contribution in [-0.4, -0.2) is 34.4 Å². The molecule has 0 aliphatic heterocycles. The van der Waals surface area contributed by atoms with Crippen LogP contribution in [0, 0.1) is 13.8 Å². The molecule has 1 fully saturated rings. The maximum atomic E-state index is 5.77. The van der Waals surface area contributed by atoms with E-state index in [2.05, 4.69) is 15.5 Å². The molecule has 0 radical (unpaired) electrons. The Balaban J connectivity index is 2.18. The second-order valence-corrected chi connectivity index (χ2v) is 5.11. The monoisotopic (exact) mass is 266 g/mol. The van der Waals surface area contributed by atoms with E-state index in [9.17, 15) is 0 Å². The van der Waals surface area contributed by atoms with Crippen molar-refractivity contribution in [2.75, 3.05) is 12.4 Å². The van der Waals surface area contributed by atoms with Gasteiger partial charge in [0.2, 0.25) is 0 Å². The highest BCUT2D eigenvalue weighted by Gasteiger charge is 2.30. The third-order valence-corrected chi connectivity index (χ3v) is 3.67. The van der Waals surface area contributed by atoms with E-state index in [0.717, 1.165) is 29.7 Å². The molecule has 0 saturated heterocycles. The van der Waals surface area contributed by atoms with Crippen LogP contribution in [0.2, 0.25) is 0 Å². The van der Waals surface area contributed by atoms with E-state index in [4.69, 9.17) is 22.7 Å². The fraction of sp³-hybridized carbons (Fsp3) is 0.583. The van der Waals surface area contributed by atoms with Gasteiger partial charge in [0.25, 0.3) is 0 Å². The van der Waals surface area contributed by atoms with Crippen molar-refractivity contribution in [3.63, 3.8) is 0 Å².